The zero-order valence-corrected chi connectivity index (χ0v) is 20.2. The SMILES string of the molecule is CCN(CC)S(=O)(=O)c1cc(C(=O)O[C@@H](C)C(=O)N2CC(=O)Nc3ccccc32)ccc1OC. The fourth-order valence-corrected chi connectivity index (χ4v) is 5.28. The topological polar surface area (TPSA) is 122 Å². The van der Waals surface area contributed by atoms with Crippen molar-refractivity contribution in [2.24, 2.45) is 0 Å². The lowest BCUT2D eigenvalue weighted by Gasteiger charge is -2.30. The van der Waals surface area contributed by atoms with Crippen LogP contribution in [-0.2, 0) is 24.3 Å². The van der Waals surface area contributed by atoms with Gasteiger partial charge in [0.2, 0.25) is 15.9 Å². The highest BCUT2D eigenvalue weighted by Crippen LogP contribution is 2.30. The van der Waals surface area contributed by atoms with Crippen molar-refractivity contribution < 1.29 is 32.3 Å². The van der Waals surface area contributed by atoms with E-state index in [1.807, 2.05) is 0 Å². The molecule has 0 unspecified atom stereocenters. The summed E-state index contributed by atoms with van der Waals surface area (Å²) in [5, 5.41) is 2.69. The summed E-state index contributed by atoms with van der Waals surface area (Å²) < 4.78 is 37.8. The van der Waals surface area contributed by atoms with Crippen LogP contribution in [0.15, 0.2) is 47.4 Å². The van der Waals surface area contributed by atoms with Gasteiger partial charge >= 0.3 is 5.97 Å². The number of hydrogen-bond donors (Lipinski definition) is 1. The molecule has 0 spiro atoms. The van der Waals surface area contributed by atoms with E-state index >= 15 is 0 Å². The Balaban J connectivity index is 1.85. The molecule has 0 saturated heterocycles. The molecule has 1 heterocycles. The van der Waals surface area contributed by atoms with Crippen LogP contribution >= 0.6 is 0 Å². The Kier molecular flexibility index (Phi) is 7.57. The molecule has 2 amide bonds. The highest BCUT2D eigenvalue weighted by atomic mass is 32.2. The number of rotatable bonds is 8. The Morgan fingerprint density at radius 3 is 2.47 bits per heavy atom. The zero-order chi connectivity index (χ0) is 25.0. The molecule has 1 aliphatic heterocycles. The first kappa shape index (κ1) is 25.2. The van der Waals surface area contributed by atoms with Gasteiger partial charge in [-0.25, -0.2) is 13.2 Å². The number of sulfonamides is 1. The molecule has 3 rings (SSSR count). The third-order valence-electron chi connectivity index (χ3n) is 5.39. The first-order valence-electron chi connectivity index (χ1n) is 10.7. The van der Waals surface area contributed by atoms with Crippen LogP contribution in [0.3, 0.4) is 0 Å². The Morgan fingerprint density at radius 1 is 1.15 bits per heavy atom. The highest BCUT2D eigenvalue weighted by molar-refractivity contribution is 7.89. The second-order valence-corrected chi connectivity index (χ2v) is 9.40. The van der Waals surface area contributed by atoms with Gasteiger partial charge in [0.05, 0.1) is 24.0 Å². The van der Waals surface area contributed by atoms with Gasteiger partial charge in [0.25, 0.3) is 5.91 Å². The number of nitrogens with zero attached hydrogens (tertiary/aromatic N) is 2. The molecule has 0 saturated carbocycles. The number of amides is 2. The van der Waals surface area contributed by atoms with Gasteiger partial charge in [-0.2, -0.15) is 4.31 Å². The Hall–Kier alpha value is -3.44. The number of carbonyl (C=O) groups excluding carboxylic acids is 3. The molecular weight excluding hydrogens is 462 g/mol. The van der Waals surface area contributed by atoms with Crippen molar-refractivity contribution in [2.45, 2.75) is 31.8 Å². The lowest BCUT2D eigenvalue weighted by molar-refractivity contribution is -0.128. The smallest absolute Gasteiger partial charge is 0.338 e. The molecule has 0 aromatic heterocycles. The second kappa shape index (κ2) is 10.2. The quantitative estimate of drug-likeness (QED) is 0.564. The molecule has 2 aromatic rings. The molecule has 1 N–H and O–H groups in total. The predicted molar refractivity (Wildman–Crippen MR) is 125 cm³/mol. The molecule has 182 valence electrons. The number of para-hydroxylation sites is 2. The van der Waals surface area contributed by atoms with Crippen LogP contribution in [0.25, 0.3) is 0 Å². The fraction of sp³-hybridized carbons (Fsp3) is 0.348. The minimum absolute atomic E-state index is 0.0528. The third-order valence-corrected chi connectivity index (χ3v) is 7.46. The van der Waals surface area contributed by atoms with Crippen LogP contribution in [0.1, 0.15) is 31.1 Å². The first-order valence-corrected chi connectivity index (χ1v) is 12.2. The summed E-state index contributed by atoms with van der Waals surface area (Å²) in [6, 6.07) is 10.7. The van der Waals surface area contributed by atoms with Crippen LogP contribution in [0, 0.1) is 0 Å². The molecule has 1 atom stereocenters. The monoisotopic (exact) mass is 489 g/mol. The molecule has 0 aliphatic carbocycles. The Bertz CT molecular complexity index is 1210. The summed E-state index contributed by atoms with van der Waals surface area (Å²) in [4.78, 5) is 38.9. The van der Waals surface area contributed by atoms with E-state index in [-0.39, 0.29) is 41.7 Å². The molecule has 10 nitrogen and oxygen atoms in total. The Labute approximate surface area is 198 Å². The van der Waals surface area contributed by atoms with Crippen molar-refractivity contribution in [1.82, 2.24) is 4.31 Å². The van der Waals surface area contributed by atoms with Crippen molar-refractivity contribution in [1.29, 1.82) is 0 Å². The average Bonchev–Trinajstić information content (AvgIpc) is 2.83. The van der Waals surface area contributed by atoms with Gasteiger partial charge in [-0.05, 0) is 37.3 Å². The predicted octanol–water partition coefficient (Wildman–Crippen LogP) is 2.26. The van der Waals surface area contributed by atoms with Crippen molar-refractivity contribution in [3.05, 3.63) is 48.0 Å². The van der Waals surface area contributed by atoms with Crippen LogP contribution < -0.4 is 15.0 Å². The number of esters is 1. The Morgan fingerprint density at radius 2 is 1.82 bits per heavy atom. The number of carbonyl (C=O) groups is 3. The number of ether oxygens (including phenoxy) is 2. The summed E-state index contributed by atoms with van der Waals surface area (Å²) in [6.45, 7) is 5.08. The third kappa shape index (κ3) is 4.90. The first-order chi connectivity index (χ1) is 16.1. The number of anilines is 2. The van der Waals surface area contributed by atoms with Gasteiger partial charge in [0, 0.05) is 13.1 Å². The molecule has 0 bridgehead atoms. The van der Waals surface area contributed by atoms with Crippen molar-refractivity contribution >= 4 is 39.2 Å². The minimum Gasteiger partial charge on any atom is -0.495 e. The van der Waals surface area contributed by atoms with E-state index in [9.17, 15) is 22.8 Å². The molecule has 11 heteroatoms. The van der Waals surface area contributed by atoms with Gasteiger partial charge in [-0.3, -0.25) is 14.5 Å². The summed E-state index contributed by atoms with van der Waals surface area (Å²) in [5.74, 6) is -1.75. The second-order valence-electron chi connectivity index (χ2n) is 7.49. The average molecular weight is 490 g/mol. The maximum Gasteiger partial charge on any atom is 0.338 e. The molecule has 2 aromatic carbocycles. The van der Waals surface area contributed by atoms with Gasteiger partial charge in [-0.1, -0.05) is 26.0 Å². The summed E-state index contributed by atoms with van der Waals surface area (Å²) in [7, 11) is -2.59. The summed E-state index contributed by atoms with van der Waals surface area (Å²) >= 11 is 0. The molecule has 0 fully saturated rings. The maximum absolute atomic E-state index is 13.0. The summed E-state index contributed by atoms with van der Waals surface area (Å²) in [6.07, 6.45) is -1.23. The van der Waals surface area contributed by atoms with E-state index in [0.717, 1.165) is 0 Å². The van der Waals surface area contributed by atoms with Gasteiger partial charge in [-0.15, -0.1) is 0 Å². The zero-order valence-electron chi connectivity index (χ0n) is 19.4. The maximum atomic E-state index is 13.0. The molecule has 0 radical (unpaired) electrons. The number of benzene rings is 2. The molecule has 1 aliphatic rings. The molecule has 34 heavy (non-hydrogen) atoms. The normalized spacial score (nSPS) is 14.3. The van der Waals surface area contributed by atoms with Gasteiger partial charge < -0.3 is 14.8 Å². The standard InChI is InChI=1S/C23H27N3O7S/c1-5-25(6-2)34(30,31)20-13-16(11-12-19(20)32-4)23(29)33-15(3)22(28)26-14-21(27)24-17-9-7-8-10-18(17)26/h7-13,15H,5-6,14H2,1-4H3,(H,24,27)/t15-/m0/s1. The van der Waals surface area contributed by atoms with E-state index in [0.29, 0.717) is 11.4 Å². The van der Waals surface area contributed by atoms with Gasteiger partial charge in [0.15, 0.2) is 6.10 Å². The minimum atomic E-state index is -3.92. The molecular formula is C23H27N3O7S. The van der Waals surface area contributed by atoms with Crippen molar-refractivity contribution in [3.8, 4) is 5.75 Å². The largest absolute Gasteiger partial charge is 0.495 e. The number of nitrogens with one attached hydrogen (secondary N) is 1. The fourth-order valence-electron chi connectivity index (χ4n) is 3.64. The van der Waals surface area contributed by atoms with E-state index in [4.69, 9.17) is 9.47 Å². The number of hydrogen-bond acceptors (Lipinski definition) is 7. The highest BCUT2D eigenvalue weighted by Gasteiger charge is 2.32. The van der Waals surface area contributed by atoms with Crippen molar-refractivity contribution in [2.75, 3.05) is 37.0 Å². The van der Waals surface area contributed by atoms with Crippen LogP contribution in [0.2, 0.25) is 0 Å². The van der Waals surface area contributed by atoms with Crippen LogP contribution in [0.5, 0.6) is 5.75 Å². The van der Waals surface area contributed by atoms with Gasteiger partial charge in [0.1, 0.15) is 17.2 Å². The number of fused-ring (bicyclic) bond motifs is 1. The van der Waals surface area contributed by atoms with E-state index in [2.05, 4.69) is 5.32 Å². The lowest BCUT2D eigenvalue weighted by atomic mass is 10.1. The van der Waals surface area contributed by atoms with E-state index in [1.54, 1.807) is 38.1 Å². The summed E-state index contributed by atoms with van der Waals surface area (Å²) in [5.41, 5.74) is 0.919. The van der Waals surface area contributed by atoms with E-state index < -0.39 is 28.0 Å². The van der Waals surface area contributed by atoms with Crippen LogP contribution in [-0.4, -0.2) is 63.4 Å². The van der Waals surface area contributed by atoms with Crippen LogP contribution in [0.4, 0.5) is 11.4 Å². The number of methoxy groups -OCH3 is 1. The van der Waals surface area contributed by atoms with Crippen molar-refractivity contribution in [3.63, 3.8) is 0 Å². The lowest BCUT2D eigenvalue weighted by Crippen LogP contribution is -2.47. The van der Waals surface area contributed by atoms with E-state index in [1.165, 1.54) is 41.4 Å².